The third-order valence-corrected chi connectivity index (χ3v) is 8.01. The van der Waals surface area contributed by atoms with Gasteiger partial charge in [0.25, 0.3) is 0 Å². The van der Waals surface area contributed by atoms with Crippen LogP contribution >= 0.6 is 0 Å². The van der Waals surface area contributed by atoms with Crippen molar-refractivity contribution in [2.45, 2.75) is 40.5 Å². The molecule has 0 fully saturated rings. The van der Waals surface area contributed by atoms with E-state index in [0.29, 0.717) is 5.92 Å². The molecule has 0 aromatic heterocycles. The first-order valence-electron chi connectivity index (χ1n) is 10.1. The van der Waals surface area contributed by atoms with E-state index in [-0.39, 0.29) is 0 Å². The van der Waals surface area contributed by atoms with Crippen molar-refractivity contribution in [3.8, 4) is 0 Å². The van der Waals surface area contributed by atoms with Gasteiger partial charge < -0.3 is 0 Å². The largest absolute Gasteiger partial charge is 0.0946 e. The Labute approximate surface area is 164 Å². The zero-order valence-electron chi connectivity index (χ0n) is 17.4. The Kier molecular flexibility index (Phi) is 2.54. The zero-order chi connectivity index (χ0) is 20.0. The highest BCUT2D eigenvalue weighted by molar-refractivity contribution is 6.38. The van der Waals surface area contributed by atoms with E-state index < -0.39 is 0 Å². The van der Waals surface area contributed by atoms with Gasteiger partial charge in [-0.05, 0) is 125 Å². The van der Waals surface area contributed by atoms with Crippen molar-refractivity contribution in [2.24, 2.45) is 0 Å². The van der Waals surface area contributed by atoms with Crippen LogP contribution in [0.3, 0.4) is 0 Å². The van der Waals surface area contributed by atoms with Crippen LogP contribution in [-0.4, -0.2) is 0 Å². The molecule has 5 aromatic carbocycles. The van der Waals surface area contributed by atoms with E-state index in [1.165, 1.54) is 87.3 Å². The Morgan fingerprint density at radius 2 is 0.929 bits per heavy atom. The minimum atomic E-state index is 0.303. The second-order valence-electron chi connectivity index (χ2n) is 8.97. The molecule has 5 aromatic rings. The Hall–Kier alpha value is -2.86. The molecule has 0 N–H and O–H groups in total. The molecule has 0 aliphatic heterocycles. The quantitative estimate of drug-likeness (QED) is 0.320. The second kappa shape index (κ2) is 4.41. The Bertz CT molecular complexity index is 1710. The summed E-state index contributed by atoms with van der Waals surface area (Å²) in [7, 11) is 0. The number of benzene rings is 3. The van der Waals surface area contributed by atoms with Crippen molar-refractivity contribution in [2.75, 3.05) is 0 Å². The van der Waals surface area contributed by atoms with E-state index in [2.05, 4.69) is 60.9 Å². The molecule has 0 heteroatoms. The molecule has 1 aliphatic carbocycles. The van der Waals surface area contributed by atoms with Crippen LogP contribution < -0.4 is 15.7 Å². The second-order valence-corrected chi connectivity index (χ2v) is 8.97. The van der Waals surface area contributed by atoms with Gasteiger partial charge in [0.2, 0.25) is 0 Å². The maximum atomic E-state index is 4.59. The summed E-state index contributed by atoms with van der Waals surface area (Å²) < 4.78 is 0. The lowest BCUT2D eigenvalue weighted by atomic mass is 9.88. The third-order valence-electron chi connectivity index (χ3n) is 8.01. The minimum absolute atomic E-state index is 0.303. The lowest BCUT2D eigenvalue weighted by Gasteiger charge is -2.14. The Morgan fingerprint density at radius 3 is 1.54 bits per heavy atom. The number of aryl methyl sites for hydroxylation is 3. The molecule has 0 nitrogen and oxygen atoms in total. The first kappa shape index (κ1) is 16.1. The van der Waals surface area contributed by atoms with Crippen LogP contribution in [0.25, 0.3) is 68.4 Å². The highest BCUT2D eigenvalue weighted by Gasteiger charge is 2.34. The third kappa shape index (κ3) is 1.31. The van der Waals surface area contributed by atoms with Gasteiger partial charge in [0.05, 0.1) is 0 Å². The molecule has 6 rings (SSSR count). The van der Waals surface area contributed by atoms with Crippen molar-refractivity contribution < 1.29 is 0 Å². The Balaban J connectivity index is 2.25. The predicted octanol–water partition coefficient (Wildman–Crippen LogP) is 5.49. The smallest absolute Gasteiger partial charge is 0.00741 e. The van der Waals surface area contributed by atoms with Gasteiger partial charge in [-0.2, -0.15) is 0 Å². The first-order chi connectivity index (χ1) is 13.2. The average molecular weight is 361 g/mol. The van der Waals surface area contributed by atoms with Gasteiger partial charge in [0, 0.05) is 5.92 Å². The maximum absolute atomic E-state index is 4.59. The van der Waals surface area contributed by atoms with Crippen LogP contribution in [0.15, 0.2) is 6.58 Å². The van der Waals surface area contributed by atoms with Gasteiger partial charge in [0.15, 0.2) is 0 Å². The molecular formula is C28H24. The van der Waals surface area contributed by atoms with Gasteiger partial charge >= 0.3 is 0 Å². The molecule has 0 amide bonds. The molecule has 1 atom stereocenters. The minimum Gasteiger partial charge on any atom is -0.0946 e. The molecular weight excluding hydrogens is 336 g/mol. The average Bonchev–Trinajstić information content (AvgIpc) is 3.20. The molecule has 0 heterocycles. The SMILES string of the molecule is C=C1c2c(C)c(C)c3c(=C)c4c(C)c(C)c5c(=C)c(=C)c6c(c2c3c4c56)C1C. The van der Waals surface area contributed by atoms with Crippen molar-refractivity contribution in [1.29, 1.82) is 0 Å². The normalized spacial score (nSPS) is 16.9. The monoisotopic (exact) mass is 360 g/mol. The molecule has 136 valence electrons. The standard InChI is InChI=1S/C28H24/c1-10-12(3)21-18(9)22-13(4)11(2)20-15(6)17(8)24-23-16(7)14(5)19(10)25(23)27(21)28(22)26(20)24/h17H,5-7,9H2,1-4,8H3. The summed E-state index contributed by atoms with van der Waals surface area (Å²) in [6.07, 6.45) is 0. The van der Waals surface area contributed by atoms with Gasteiger partial charge in [-0.15, -0.1) is 0 Å². The van der Waals surface area contributed by atoms with Gasteiger partial charge in [-0.25, -0.2) is 0 Å². The van der Waals surface area contributed by atoms with E-state index in [1.807, 2.05) is 0 Å². The molecule has 0 bridgehead atoms. The summed E-state index contributed by atoms with van der Waals surface area (Å²) in [6, 6.07) is 0. The first-order valence-corrected chi connectivity index (χ1v) is 10.1. The number of hydrogen-bond donors (Lipinski definition) is 0. The van der Waals surface area contributed by atoms with Gasteiger partial charge in [0.1, 0.15) is 0 Å². The summed E-state index contributed by atoms with van der Waals surface area (Å²) in [5, 5.41) is 14.3. The van der Waals surface area contributed by atoms with E-state index in [9.17, 15) is 0 Å². The van der Waals surface area contributed by atoms with Crippen molar-refractivity contribution in [3.05, 3.63) is 55.6 Å². The Morgan fingerprint density at radius 1 is 0.500 bits per heavy atom. The summed E-state index contributed by atoms with van der Waals surface area (Å²) in [4.78, 5) is 0. The van der Waals surface area contributed by atoms with E-state index in [1.54, 1.807) is 0 Å². The fourth-order valence-electron chi connectivity index (χ4n) is 6.38. The summed E-state index contributed by atoms with van der Waals surface area (Å²) in [5.74, 6) is 0.303. The molecule has 0 saturated heterocycles. The molecule has 0 spiro atoms. The lowest BCUT2D eigenvalue weighted by molar-refractivity contribution is 1.04. The van der Waals surface area contributed by atoms with E-state index in [4.69, 9.17) is 0 Å². The van der Waals surface area contributed by atoms with Crippen LogP contribution in [-0.2, 0) is 0 Å². The van der Waals surface area contributed by atoms with E-state index >= 15 is 0 Å². The molecule has 1 aliphatic rings. The molecule has 0 radical (unpaired) electrons. The number of fused-ring (bicyclic) bond motifs is 1. The van der Waals surface area contributed by atoms with Crippen LogP contribution in [0.2, 0.25) is 0 Å². The highest BCUT2D eigenvalue weighted by atomic mass is 14.4. The number of allylic oxidation sites excluding steroid dienone is 1. The summed E-state index contributed by atoms with van der Waals surface area (Å²) >= 11 is 0. The van der Waals surface area contributed by atoms with Crippen LogP contribution in [0.1, 0.15) is 46.2 Å². The van der Waals surface area contributed by atoms with E-state index in [0.717, 1.165) is 10.4 Å². The van der Waals surface area contributed by atoms with Crippen molar-refractivity contribution in [1.82, 2.24) is 0 Å². The van der Waals surface area contributed by atoms with Gasteiger partial charge in [-0.1, -0.05) is 33.2 Å². The molecule has 28 heavy (non-hydrogen) atoms. The number of hydrogen-bond acceptors (Lipinski definition) is 0. The van der Waals surface area contributed by atoms with Gasteiger partial charge in [-0.3, -0.25) is 0 Å². The number of rotatable bonds is 0. The summed E-state index contributed by atoms with van der Waals surface area (Å²) in [5.41, 5.74) is 9.40. The maximum Gasteiger partial charge on any atom is 0.00741 e. The van der Waals surface area contributed by atoms with Crippen LogP contribution in [0.5, 0.6) is 0 Å². The highest BCUT2D eigenvalue weighted by Crippen LogP contribution is 2.54. The fraction of sp³-hybridized carbons (Fsp3) is 0.214. The predicted molar refractivity (Wildman–Crippen MR) is 126 cm³/mol. The van der Waals surface area contributed by atoms with Crippen LogP contribution in [0, 0.1) is 27.7 Å². The lowest BCUT2D eigenvalue weighted by Crippen LogP contribution is -2.18. The summed E-state index contributed by atoms with van der Waals surface area (Å²) in [6.45, 7) is 29.4. The zero-order valence-corrected chi connectivity index (χ0v) is 17.4. The van der Waals surface area contributed by atoms with Crippen molar-refractivity contribution in [3.63, 3.8) is 0 Å². The fourth-order valence-corrected chi connectivity index (χ4v) is 6.38. The molecule has 1 unspecified atom stereocenters. The van der Waals surface area contributed by atoms with Crippen molar-refractivity contribution >= 4 is 68.4 Å². The topological polar surface area (TPSA) is 0 Å². The van der Waals surface area contributed by atoms with Crippen LogP contribution in [0.4, 0.5) is 0 Å². The molecule has 0 saturated carbocycles.